The van der Waals surface area contributed by atoms with E-state index in [1.54, 1.807) is 0 Å². The minimum absolute atomic E-state index is 0.0747. The number of hydrogen-bond acceptors (Lipinski definition) is 1. The molecule has 2 heterocycles. The van der Waals surface area contributed by atoms with Crippen molar-refractivity contribution in [3.63, 3.8) is 0 Å². The first-order chi connectivity index (χ1) is 8.70. The Hall–Kier alpha value is -1.51. The zero-order chi connectivity index (χ0) is 14.3. The Morgan fingerprint density at radius 1 is 1.21 bits per heavy atom. The molecule has 0 saturated heterocycles. The van der Waals surface area contributed by atoms with Gasteiger partial charge in [-0.15, -0.1) is 0 Å². The van der Waals surface area contributed by atoms with E-state index in [2.05, 4.69) is 63.0 Å². The van der Waals surface area contributed by atoms with Gasteiger partial charge in [0.1, 0.15) is 0 Å². The summed E-state index contributed by atoms with van der Waals surface area (Å²) >= 11 is 0. The monoisotopic (exact) mass is 259 g/mol. The van der Waals surface area contributed by atoms with Gasteiger partial charge in [0, 0.05) is 36.2 Å². The van der Waals surface area contributed by atoms with Crippen LogP contribution in [-0.2, 0) is 24.3 Å². The SMILES string of the molecule is Cn1nccc1C(C)(C)Cc1cc(C(C)(C)C)c[nH]1. The van der Waals surface area contributed by atoms with Crippen LogP contribution >= 0.6 is 0 Å². The average Bonchev–Trinajstić information content (AvgIpc) is 2.85. The number of nitrogens with one attached hydrogen (secondary N) is 1. The van der Waals surface area contributed by atoms with Crippen LogP contribution in [0, 0.1) is 0 Å². The Kier molecular flexibility index (Phi) is 3.33. The van der Waals surface area contributed by atoms with E-state index in [1.165, 1.54) is 17.0 Å². The molecule has 2 rings (SSSR count). The Balaban J connectivity index is 2.21. The third-order valence-corrected chi connectivity index (χ3v) is 3.76. The lowest BCUT2D eigenvalue weighted by atomic mass is 9.83. The van der Waals surface area contributed by atoms with E-state index in [0.29, 0.717) is 0 Å². The van der Waals surface area contributed by atoms with Gasteiger partial charge < -0.3 is 4.98 Å². The molecule has 0 bridgehead atoms. The summed E-state index contributed by atoms with van der Waals surface area (Å²) in [7, 11) is 2.01. The first kappa shape index (κ1) is 13.9. The number of rotatable bonds is 3. The first-order valence-corrected chi connectivity index (χ1v) is 6.86. The summed E-state index contributed by atoms with van der Waals surface area (Å²) in [4.78, 5) is 3.42. The molecule has 0 radical (unpaired) electrons. The van der Waals surface area contributed by atoms with Crippen molar-refractivity contribution in [2.75, 3.05) is 0 Å². The maximum atomic E-state index is 4.28. The fourth-order valence-corrected chi connectivity index (χ4v) is 2.58. The molecule has 0 unspecified atom stereocenters. The standard InChI is InChI=1S/C16H25N3/c1-15(2,3)12-9-13(17-11-12)10-16(4,5)14-7-8-18-19(14)6/h7-9,11,17H,10H2,1-6H3. The van der Waals surface area contributed by atoms with Gasteiger partial charge in [0.25, 0.3) is 0 Å². The van der Waals surface area contributed by atoms with Crippen molar-refractivity contribution >= 4 is 0 Å². The van der Waals surface area contributed by atoms with E-state index < -0.39 is 0 Å². The molecular formula is C16H25N3. The van der Waals surface area contributed by atoms with Crippen molar-refractivity contribution in [3.05, 3.63) is 41.5 Å². The molecule has 2 aromatic heterocycles. The highest BCUT2D eigenvalue weighted by atomic mass is 15.3. The fraction of sp³-hybridized carbons (Fsp3) is 0.562. The topological polar surface area (TPSA) is 33.6 Å². The molecule has 0 atom stereocenters. The van der Waals surface area contributed by atoms with Crippen molar-refractivity contribution in [2.45, 2.75) is 51.9 Å². The van der Waals surface area contributed by atoms with Gasteiger partial charge in [0.2, 0.25) is 0 Å². The molecule has 0 amide bonds. The molecule has 0 aromatic carbocycles. The minimum Gasteiger partial charge on any atom is -0.365 e. The maximum Gasteiger partial charge on any atom is 0.0492 e. The predicted molar refractivity (Wildman–Crippen MR) is 79.4 cm³/mol. The van der Waals surface area contributed by atoms with Gasteiger partial charge in [-0.25, -0.2) is 0 Å². The molecule has 0 aliphatic rings. The van der Waals surface area contributed by atoms with Crippen molar-refractivity contribution in [2.24, 2.45) is 7.05 Å². The smallest absolute Gasteiger partial charge is 0.0492 e. The molecule has 0 aliphatic heterocycles. The molecule has 0 aliphatic carbocycles. The Morgan fingerprint density at radius 3 is 2.37 bits per heavy atom. The van der Waals surface area contributed by atoms with Gasteiger partial charge in [-0.3, -0.25) is 4.68 Å². The number of aromatic nitrogens is 3. The van der Waals surface area contributed by atoms with E-state index in [-0.39, 0.29) is 10.8 Å². The molecule has 3 heteroatoms. The number of aromatic amines is 1. The first-order valence-electron chi connectivity index (χ1n) is 6.86. The van der Waals surface area contributed by atoms with E-state index in [1.807, 2.05) is 17.9 Å². The van der Waals surface area contributed by atoms with Crippen LogP contribution in [0.15, 0.2) is 24.5 Å². The summed E-state index contributed by atoms with van der Waals surface area (Å²) in [6.45, 7) is 11.3. The summed E-state index contributed by atoms with van der Waals surface area (Å²) in [6, 6.07) is 4.39. The van der Waals surface area contributed by atoms with Crippen molar-refractivity contribution < 1.29 is 0 Å². The fourth-order valence-electron chi connectivity index (χ4n) is 2.58. The van der Waals surface area contributed by atoms with Crippen molar-refractivity contribution in [3.8, 4) is 0 Å². The summed E-state index contributed by atoms with van der Waals surface area (Å²) in [5.74, 6) is 0. The highest BCUT2D eigenvalue weighted by Crippen LogP contribution is 2.29. The molecule has 0 saturated carbocycles. The third kappa shape index (κ3) is 2.91. The summed E-state index contributed by atoms with van der Waals surface area (Å²) < 4.78 is 1.97. The number of H-pyrrole nitrogens is 1. The highest BCUT2D eigenvalue weighted by molar-refractivity contribution is 5.26. The van der Waals surface area contributed by atoms with E-state index in [4.69, 9.17) is 0 Å². The van der Waals surface area contributed by atoms with Crippen molar-refractivity contribution in [1.82, 2.24) is 14.8 Å². The molecule has 0 fully saturated rings. The molecule has 1 N–H and O–H groups in total. The average molecular weight is 259 g/mol. The van der Waals surface area contributed by atoms with Gasteiger partial charge in [-0.05, 0) is 29.5 Å². The Labute approximate surface area is 116 Å². The molecule has 19 heavy (non-hydrogen) atoms. The van der Waals surface area contributed by atoms with Gasteiger partial charge in [0.05, 0.1) is 0 Å². The lowest BCUT2D eigenvalue weighted by Gasteiger charge is -2.24. The van der Waals surface area contributed by atoms with Crippen LogP contribution in [-0.4, -0.2) is 14.8 Å². The second kappa shape index (κ2) is 4.55. The van der Waals surface area contributed by atoms with E-state index in [0.717, 1.165) is 6.42 Å². The van der Waals surface area contributed by atoms with Gasteiger partial charge in [-0.1, -0.05) is 34.6 Å². The largest absolute Gasteiger partial charge is 0.365 e. The number of hydrogen-bond donors (Lipinski definition) is 1. The van der Waals surface area contributed by atoms with Gasteiger partial charge >= 0.3 is 0 Å². The zero-order valence-electron chi connectivity index (χ0n) is 12.9. The Bertz CT molecular complexity index is 553. The molecular weight excluding hydrogens is 234 g/mol. The normalized spacial score (nSPS) is 12.9. The minimum atomic E-state index is 0.0747. The second-order valence-electron chi connectivity index (χ2n) is 7.06. The van der Waals surface area contributed by atoms with Crippen molar-refractivity contribution in [1.29, 1.82) is 0 Å². The lowest BCUT2D eigenvalue weighted by Crippen LogP contribution is -2.24. The predicted octanol–water partition coefficient (Wildman–Crippen LogP) is 3.57. The van der Waals surface area contributed by atoms with Gasteiger partial charge in [0.15, 0.2) is 0 Å². The van der Waals surface area contributed by atoms with Crippen LogP contribution < -0.4 is 0 Å². The maximum absolute atomic E-state index is 4.28. The summed E-state index contributed by atoms with van der Waals surface area (Å²) in [5.41, 5.74) is 4.19. The lowest BCUT2D eigenvalue weighted by molar-refractivity contribution is 0.469. The van der Waals surface area contributed by atoms with E-state index >= 15 is 0 Å². The quantitative estimate of drug-likeness (QED) is 0.898. The zero-order valence-corrected chi connectivity index (χ0v) is 12.9. The van der Waals surface area contributed by atoms with Crippen LogP contribution in [0.4, 0.5) is 0 Å². The summed E-state index contributed by atoms with van der Waals surface area (Å²) in [5, 5.41) is 4.28. The van der Waals surface area contributed by atoms with E-state index in [9.17, 15) is 0 Å². The third-order valence-electron chi connectivity index (χ3n) is 3.76. The van der Waals surface area contributed by atoms with Crippen LogP contribution in [0.3, 0.4) is 0 Å². The van der Waals surface area contributed by atoms with Crippen LogP contribution in [0.2, 0.25) is 0 Å². The summed E-state index contributed by atoms with van der Waals surface area (Å²) in [6.07, 6.45) is 4.99. The molecule has 2 aromatic rings. The Morgan fingerprint density at radius 2 is 1.89 bits per heavy atom. The van der Waals surface area contributed by atoms with Crippen LogP contribution in [0.25, 0.3) is 0 Å². The molecule has 0 spiro atoms. The molecule has 3 nitrogen and oxygen atoms in total. The van der Waals surface area contributed by atoms with Gasteiger partial charge in [-0.2, -0.15) is 5.10 Å². The highest BCUT2D eigenvalue weighted by Gasteiger charge is 2.25. The number of aryl methyl sites for hydroxylation is 1. The van der Waals surface area contributed by atoms with Crippen LogP contribution in [0.5, 0.6) is 0 Å². The number of nitrogens with zero attached hydrogens (tertiary/aromatic N) is 2. The molecule has 104 valence electrons. The second-order valence-corrected chi connectivity index (χ2v) is 7.06. The van der Waals surface area contributed by atoms with Crippen LogP contribution in [0.1, 0.15) is 51.6 Å².